The van der Waals surface area contributed by atoms with E-state index in [0.29, 0.717) is 0 Å². The molecule has 1 unspecified atom stereocenters. The van der Waals surface area contributed by atoms with Crippen molar-refractivity contribution in [3.05, 3.63) is 57.0 Å². The molecule has 2 aromatic carbocycles. The second kappa shape index (κ2) is 6.61. The van der Waals surface area contributed by atoms with Crippen LogP contribution in [0.2, 0.25) is 5.02 Å². The maximum absolute atomic E-state index is 6.12. The average Bonchev–Trinajstić information content (AvgIpc) is 2.42. The zero-order valence-corrected chi connectivity index (χ0v) is 13.8. The maximum Gasteiger partial charge on any atom is 0.132 e. The summed E-state index contributed by atoms with van der Waals surface area (Å²) in [6.07, 6.45) is 0.872. The fourth-order valence-electron chi connectivity index (χ4n) is 1.98. The predicted molar refractivity (Wildman–Crippen MR) is 87.6 cm³/mol. The number of hydrogen-bond acceptors (Lipinski definition) is 2. The lowest BCUT2D eigenvalue weighted by Gasteiger charge is -2.15. The van der Waals surface area contributed by atoms with Gasteiger partial charge in [0.25, 0.3) is 0 Å². The van der Waals surface area contributed by atoms with Crippen molar-refractivity contribution < 1.29 is 4.74 Å². The van der Waals surface area contributed by atoms with Crippen LogP contribution < -0.4 is 10.5 Å². The van der Waals surface area contributed by atoms with Crippen LogP contribution in [-0.4, -0.2) is 0 Å². The van der Waals surface area contributed by atoms with Gasteiger partial charge in [-0.2, -0.15) is 0 Å². The standard InChI is InChI=1S/C16H17BrClNO/c1-3-11-8-13(5-6-15(11)18)20-16-7-4-12(17)9-14(16)10(2)19/h4-10H,3,19H2,1-2H3. The molecule has 0 bridgehead atoms. The highest BCUT2D eigenvalue weighted by atomic mass is 79.9. The van der Waals surface area contributed by atoms with E-state index in [2.05, 4.69) is 22.9 Å². The number of benzene rings is 2. The summed E-state index contributed by atoms with van der Waals surface area (Å²) in [5.41, 5.74) is 8.03. The Kier molecular flexibility index (Phi) is 5.08. The van der Waals surface area contributed by atoms with Crippen molar-refractivity contribution >= 4 is 27.5 Å². The van der Waals surface area contributed by atoms with Crippen molar-refractivity contribution in [1.82, 2.24) is 0 Å². The molecule has 2 nitrogen and oxygen atoms in total. The first kappa shape index (κ1) is 15.4. The van der Waals surface area contributed by atoms with Crippen LogP contribution in [0, 0.1) is 0 Å². The Morgan fingerprint density at radius 3 is 2.65 bits per heavy atom. The van der Waals surface area contributed by atoms with Gasteiger partial charge in [-0.1, -0.05) is 34.5 Å². The van der Waals surface area contributed by atoms with Crippen LogP contribution in [0.5, 0.6) is 11.5 Å². The van der Waals surface area contributed by atoms with Crippen molar-refractivity contribution in [2.24, 2.45) is 5.73 Å². The summed E-state index contributed by atoms with van der Waals surface area (Å²) in [5, 5.41) is 0.767. The molecule has 0 radical (unpaired) electrons. The Morgan fingerprint density at radius 2 is 2.00 bits per heavy atom. The number of halogens is 2. The smallest absolute Gasteiger partial charge is 0.132 e. The molecular formula is C16H17BrClNO. The number of aryl methyl sites for hydroxylation is 1. The maximum atomic E-state index is 6.12. The molecule has 4 heteroatoms. The second-order valence-corrected chi connectivity index (χ2v) is 6.00. The fraction of sp³-hybridized carbons (Fsp3) is 0.250. The molecular weight excluding hydrogens is 338 g/mol. The van der Waals surface area contributed by atoms with Gasteiger partial charge in [0.05, 0.1) is 0 Å². The van der Waals surface area contributed by atoms with Crippen LogP contribution >= 0.6 is 27.5 Å². The zero-order chi connectivity index (χ0) is 14.7. The highest BCUT2D eigenvalue weighted by molar-refractivity contribution is 9.10. The van der Waals surface area contributed by atoms with E-state index in [9.17, 15) is 0 Å². The third-order valence-corrected chi connectivity index (χ3v) is 3.95. The lowest BCUT2D eigenvalue weighted by molar-refractivity contribution is 0.471. The molecule has 0 saturated carbocycles. The van der Waals surface area contributed by atoms with E-state index in [0.717, 1.165) is 38.5 Å². The molecule has 2 aromatic rings. The molecule has 0 fully saturated rings. The molecule has 20 heavy (non-hydrogen) atoms. The number of ether oxygens (including phenoxy) is 1. The fourth-order valence-corrected chi connectivity index (χ4v) is 2.61. The summed E-state index contributed by atoms with van der Waals surface area (Å²) in [5.74, 6) is 1.54. The summed E-state index contributed by atoms with van der Waals surface area (Å²) in [7, 11) is 0. The van der Waals surface area contributed by atoms with Gasteiger partial charge in [-0.15, -0.1) is 0 Å². The minimum Gasteiger partial charge on any atom is -0.457 e. The van der Waals surface area contributed by atoms with Gasteiger partial charge < -0.3 is 10.5 Å². The van der Waals surface area contributed by atoms with E-state index in [-0.39, 0.29) is 6.04 Å². The summed E-state index contributed by atoms with van der Waals surface area (Å²) >= 11 is 9.57. The van der Waals surface area contributed by atoms with Crippen molar-refractivity contribution in [3.63, 3.8) is 0 Å². The van der Waals surface area contributed by atoms with E-state index >= 15 is 0 Å². The summed E-state index contributed by atoms with van der Waals surface area (Å²) in [4.78, 5) is 0. The van der Waals surface area contributed by atoms with Crippen molar-refractivity contribution in [1.29, 1.82) is 0 Å². The van der Waals surface area contributed by atoms with Crippen LogP contribution in [0.3, 0.4) is 0 Å². The van der Waals surface area contributed by atoms with E-state index in [1.807, 2.05) is 43.3 Å². The van der Waals surface area contributed by atoms with Gasteiger partial charge in [-0.3, -0.25) is 0 Å². The van der Waals surface area contributed by atoms with Crippen molar-refractivity contribution in [2.75, 3.05) is 0 Å². The largest absolute Gasteiger partial charge is 0.457 e. The quantitative estimate of drug-likeness (QED) is 0.789. The zero-order valence-electron chi connectivity index (χ0n) is 11.5. The van der Waals surface area contributed by atoms with E-state index < -0.39 is 0 Å². The van der Waals surface area contributed by atoms with E-state index in [1.165, 1.54) is 0 Å². The Balaban J connectivity index is 2.34. The summed E-state index contributed by atoms with van der Waals surface area (Å²) in [6.45, 7) is 4.01. The Morgan fingerprint density at radius 1 is 1.25 bits per heavy atom. The molecule has 0 aliphatic carbocycles. The molecule has 106 valence electrons. The molecule has 2 N–H and O–H groups in total. The normalized spacial score (nSPS) is 12.2. The third kappa shape index (κ3) is 3.54. The van der Waals surface area contributed by atoms with E-state index in [4.69, 9.17) is 22.1 Å². The molecule has 0 aliphatic heterocycles. The number of rotatable bonds is 4. The predicted octanol–water partition coefficient (Wildman–Crippen LogP) is 5.48. The van der Waals surface area contributed by atoms with Crippen LogP contribution in [0.4, 0.5) is 0 Å². The third-order valence-electron chi connectivity index (χ3n) is 3.09. The second-order valence-electron chi connectivity index (χ2n) is 4.68. The molecule has 2 rings (SSSR count). The first-order chi connectivity index (χ1) is 9.51. The molecule has 0 amide bonds. The minimum atomic E-state index is -0.0968. The lowest BCUT2D eigenvalue weighted by atomic mass is 10.1. The molecule has 0 heterocycles. The van der Waals surface area contributed by atoms with E-state index in [1.54, 1.807) is 0 Å². The highest BCUT2D eigenvalue weighted by Crippen LogP contribution is 2.32. The Bertz CT molecular complexity index is 613. The lowest BCUT2D eigenvalue weighted by Crippen LogP contribution is -2.06. The van der Waals surface area contributed by atoms with Crippen LogP contribution in [0.25, 0.3) is 0 Å². The van der Waals surface area contributed by atoms with Gasteiger partial charge in [0.1, 0.15) is 11.5 Å². The SMILES string of the molecule is CCc1cc(Oc2ccc(Br)cc2C(C)N)ccc1Cl. The Hall–Kier alpha value is -1.03. The van der Waals surface area contributed by atoms with Gasteiger partial charge >= 0.3 is 0 Å². The minimum absolute atomic E-state index is 0.0968. The van der Waals surface area contributed by atoms with Gasteiger partial charge in [-0.05, 0) is 55.3 Å². The number of hydrogen-bond donors (Lipinski definition) is 1. The van der Waals surface area contributed by atoms with Gasteiger partial charge in [0, 0.05) is 21.1 Å². The molecule has 0 spiro atoms. The summed E-state index contributed by atoms with van der Waals surface area (Å²) in [6, 6.07) is 11.4. The van der Waals surface area contributed by atoms with Gasteiger partial charge in [0.2, 0.25) is 0 Å². The van der Waals surface area contributed by atoms with Crippen LogP contribution in [0.1, 0.15) is 31.0 Å². The first-order valence-electron chi connectivity index (χ1n) is 6.52. The molecule has 0 aliphatic rings. The molecule has 0 saturated heterocycles. The van der Waals surface area contributed by atoms with Crippen LogP contribution in [0.15, 0.2) is 40.9 Å². The molecule has 0 aromatic heterocycles. The van der Waals surface area contributed by atoms with Crippen LogP contribution in [-0.2, 0) is 6.42 Å². The first-order valence-corrected chi connectivity index (χ1v) is 7.69. The summed E-state index contributed by atoms with van der Waals surface area (Å²) < 4.78 is 6.95. The monoisotopic (exact) mass is 353 g/mol. The van der Waals surface area contributed by atoms with Crippen molar-refractivity contribution in [3.8, 4) is 11.5 Å². The van der Waals surface area contributed by atoms with Crippen molar-refractivity contribution in [2.45, 2.75) is 26.3 Å². The molecule has 1 atom stereocenters. The average molecular weight is 355 g/mol. The Labute approximate surface area is 133 Å². The number of nitrogens with two attached hydrogens (primary N) is 1. The van der Waals surface area contributed by atoms with Gasteiger partial charge in [-0.25, -0.2) is 0 Å². The van der Waals surface area contributed by atoms with Gasteiger partial charge in [0.15, 0.2) is 0 Å². The highest BCUT2D eigenvalue weighted by Gasteiger charge is 2.10. The topological polar surface area (TPSA) is 35.2 Å².